The summed E-state index contributed by atoms with van der Waals surface area (Å²) in [6.45, 7) is -0.0870. The SMILES string of the molecule is CN(Cc1c(F)cccc1Cl)C(=O)Cn1nnc(-c2cccc(Cl)c2)n1. The van der Waals surface area contributed by atoms with E-state index in [-0.39, 0.29) is 29.6 Å². The lowest BCUT2D eigenvalue weighted by atomic mass is 10.2. The molecule has 0 atom stereocenters. The topological polar surface area (TPSA) is 63.9 Å². The number of tetrazole rings is 1. The normalized spacial score (nSPS) is 10.8. The summed E-state index contributed by atoms with van der Waals surface area (Å²) in [5, 5.41) is 12.8. The average molecular weight is 394 g/mol. The van der Waals surface area contributed by atoms with Gasteiger partial charge in [0.25, 0.3) is 0 Å². The van der Waals surface area contributed by atoms with Gasteiger partial charge >= 0.3 is 0 Å². The third kappa shape index (κ3) is 4.17. The summed E-state index contributed by atoms with van der Waals surface area (Å²) in [5.74, 6) is -0.404. The van der Waals surface area contributed by atoms with Crippen LogP contribution in [0, 0.1) is 5.82 Å². The third-order valence-corrected chi connectivity index (χ3v) is 4.28. The highest BCUT2D eigenvalue weighted by Crippen LogP contribution is 2.21. The van der Waals surface area contributed by atoms with Gasteiger partial charge in [-0.05, 0) is 29.5 Å². The molecule has 3 aromatic rings. The Labute approximate surface area is 159 Å². The first-order valence-electron chi connectivity index (χ1n) is 7.64. The minimum Gasteiger partial charge on any atom is -0.340 e. The van der Waals surface area contributed by atoms with E-state index < -0.39 is 5.82 Å². The molecule has 0 spiro atoms. The van der Waals surface area contributed by atoms with E-state index >= 15 is 0 Å². The van der Waals surface area contributed by atoms with Gasteiger partial charge in [-0.25, -0.2) is 4.39 Å². The molecule has 2 aromatic carbocycles. The van der Waals surface area contributed by atoms with Crippen LogP contribution in [0.4, 0.5) is 4.39 Å². The molecule has 9 heteroatoms. The Balaban J connectivity index is 1.68. The Morgan fingerprint density at radius 2 is 2.00 bits per heavy atom. The second-order valence-electron chi connectivity index (χ2n) is 5.60. The van der Waals surface area contributed by atoms with Gasteiger partial charge in [0.1, 0.15) is 12.4 Å². The fourth-order valence-electron chi connectivity index (χ4n) is 2.30. The third-order valence-electron chi connectivity index (χ3n) is 3.70. The van der Waals surface area contributed by atoms with Gasteiger partial charge in [-0.15, -0.1) is 10.2 Å². The van der Waals surface area contributed by atoms with Crippen LogP contribution in [-0.2, 0) is 17.9 Å². The molecule has 3 rings (SSSR count). The number of aromatic nitrogens is 4. The van der Waals surface area contributed by atoms with Crippen molar-refractivity contribution in [3.63, 3.8) is 0 Å². The number of carbonyl (C=O) groups is 1. The van der Waals surface area contributed by atoms with E-state index in [1.54, 1.807) is 37.4 Å². The molecular formula is C17H14Cl2FN5O. The summed E-state index contributed by atoms with van der Waals surface area (Å²) >= 11 is 11.9. The molecule has 0 aliphatic heterocycles. The zero-order valence-corrected chi connectivity index (χ0v) is 15.2. The Hall–Kier alpha value is -2.51. The molecule has 1 aromatic heterocycles. The Morgan fingerprint density at radius 1 is 1.23 bits per heavy atom. The van der Waals surface area contributed by atoms with Gasteiger partial charge < -0.3 is 4.90 Å². The van der Waals surface area contributed by atoms with E-state index in [2.05, 4.69) is 15.4 Å². The number of hydrogen-bond donors (Lipinski definition) is 0. The first-order valence-corrected chi connectivity index (χ1v) is 8.40. The molecule has 0 aliphatic carbocycles. The van der Waals surface area contributed by atoms with E-state index in [9.17, 15) is 9.18 Å². The standard InChI is InChI=1S/C17H14Cl2FN5O/c1-24(9-13-14(19)6-3-7-15(13)20)16(26)10-25-22-17(21-23-25)11-4-2-5-12(18)8-11/h2-8H,9-10H2,1H3. The number of rotatable bonds is 5. The van der Waals surface area contributed by atoms with Gasteiger partial charge in [0, 0.05) is 34.8 Å². The summed E-state index contributed by atoms with van der Waals surface area (Å²) in [4.78, 5) is 14.9. The van der Waals surface area contributed by atoms with Crippen LogP contribution in [-0.4, -0.2) is 38.1 Å². The summed E-state index contributed by atoms with van der Waals surface area (Å²) in [7, 11) is 1.56. The summed E-state index contributed by atoms with van der Waals surface area (Å²) in [6.07, 6.45) is 0. The molecule has 0 unspecified atom stereocenters. The lowest BCUT2D eigenvalue weighted by molar-refractivity contribution is -0.131. The lowest BCUT2D eigenvalue weighted by Gasteiger charge is -2.18. The fraction of sp³-hybridized carbons (Fsp3) is 0.176. The minimum atomic E-state index is -0.459. The molecule has 26 heavy (non-hydrogen) atoms. The summed E-state index contributed by atoms with van der Waals surface area (Å²) < 4.78 is 13.9. The maximum absolute atomic E-state index is 13.9. The van der Waals surface area contributed by atoms with Crippen LogP contribution in [0.5, 0.6) is 0 Å². The number of halogens is 3. The van der Waals surface area contributed by atoms with E-state index in [1.165, 1.54) is 21.8 Å². The van der Waals surface area contributed by atoms with Crippen LogP contribution in [0.1, 0.15) is 5.56 Å². The number of hydrogen-bond acceptors (Lipinski definition) is 4. The predicted molar refractivity (Wildman–Crippen MR) is 96.1 cm³/mol. The smallest absolute Gasteiger partial charge is 0.246 e. The van der Waals surface area contributed by atoms with Gasteiger partial charge in [-0.3, -0.25) is 4.79 Å². The Kier molecular flexibility index (Phi) is 5.49. The maximum atomic E-state index is 13.9. The van der Waals surface area contributed by atoms with Gasteiger partial charge in [-0.2, -0.15) is 4.80 Å². The molecule has 1 heterocycles. The number of likely N-dealkylation sites (N-methyl/N-ethyl adjacent to an activating group) is 1. The largest absolute Gasteiger partial charge is 0.340 e. The molecule has 134 valence electrons. The highest BCUT2D eigenvalue weighted by atomic mass is 35.5. The molecule has 0 saturated heterocycles. The zero-order chi connectivity index (χ0) is 18.7. The molecule has 1 amide bonds. The van der Waals surface area contributed by atoms with Crippen molar-refractivity contribution in [3.8, 4) is 11.4 Å². The number of amides is 1. The maximum Gasteiger partial charge on any atom is 0.246 e. The number of benzene rings is 2. The average Bonchev–Trinajstić information content (AvgIpc) is 3.06. The predicted octanol–water partition coefficient (Wildman–Crippen LogP) is 3.44. The highest BCUT2D eigenvalue weighted by molar-refractivity contribution is 6.31. The van der Waals surface area contributed by atoms with Crippen molar-refractivity contribution in [2.45, 2.75) is 13.1 Å². The van der Waals surface area contributed by atoms with Crippen molar-refractivity contribution in [2.75, 3.05) is 7.05 Å². The van der Waals surface area contributed by atoms with Crippen molar-refractivity contribution in [1.29, 1.82) is 0 Å². The molecule has 0 aliphatic rings. The van der Waals surface area contributed by atoms with E-state index in [0.29, 0.717) is 16.4 Å². The van der Waals surface area contributed by atoms with Gasteiger partial charge in [-0.1, -0.05) is 41.4 Å². The van der Waals surface area contributed by atoms with Gasteiger partial charge in [0.2, 0.25) is 11.7 Å². The second-order valence-corrected chi connectivity index (χ2v) is 6.45. The van der Waals surface area contributed by atoms with E-state index in [4.69, 9.17) is 23.2 Å². The number of nitrogens with zero attached hydrogens (tertiary/aromatic N) is 5. The summed E-state index contributed by atoms with van der Waals surface area (Å²) in [6, 6.07) is 11.4. The molecule has 0 saturated carbocycles. The van der Waals surface area contributed by atoms with Crippen LogP contribution in [0.2, 0.25) is 10.0 Å². The quantitative estimate of drug-likeness (QED) is 0.665. The highest BCUT2D eigenvalue weighted by Gasteiger charge is 2.16. The van der Waals surface area contributed by atoms with Crippen LogP contribution in [0.3, 0.4) is 0 Å². The van der Waals surface area contributed by atoms with Crippen LogP contribution >= 0.6 is 23.2 Å². The van der Waals surface area contributed by atoms with Crippen molar-refractivity contribution in [2.24, 2.45) is 0 Å². The van der Waals surface area contributed by atoms with E-state index in [0.717, 1.165) is 0 Å². The van der Waals surface area contributed by atoms with Crippen molar-refractivity contribution < 1.29 is 9.18 Å². The second kappa shape index (κ2) is 7.80. The van der Waals surface area contributed by atoms with Gasteiger partial charge in [0.15, 0.2) is 0 Å². The Morgan fingerprint density at radius 3 is 2.73 bits per heavy atom. The molecule has 0 fully saturated rings. The minimum absolute atomic E-state index is 0.0419. The fourth-order valence-corrected chi connectivity index (χ4v) is 2.72. The molecule has 0 N–H and O–H groups in total. The van der Waals surface area contributed by atoms with Crippen molar-refractivity contribution in [3.05, 3.63) is 63.9 Å². The molecule has 0 bridgehead atoms. The first-order chi connectivity index (χ1) is 12.4. The summed E-state index contributed by atoms with van der Waals surface area (Å²) in [5.41, 5.74) is 0.957. The Bertz CT molecular complexity index is 926. The van der Waals surface area contributed by atoms with Crippen LogP contribution in [0.15, 0.2) is 42.5 Å². The van der Waals surface area contributed by atoms with Gasteiger partial charge in [0.05, 0.1) is 0 Å². The molecule has 6 nitrogen and oxygen atoms in total. The number of carbonyl (C=O) groups excluding carboxylic acids is 1. The zero-order valence-electron chi connectivity index (χ0n) is 13.7. The first kappa shape index (κ1) is 18.3. The van der Waals surface area contributed by atoms with Crippen LogP contribution in [0.25, 0.3) is 11.4 Å². The lowest BCUT2D eigenvalue weighted by Crippen LogP contribution is -2.31. The van der Waals surface area contributed by atoms with Crippen LogP contribution < -0.4 is 0 Å². The molecule has 0 radical (unpaired) electrons. The van der Waals surface area contributed by atoms with Crippen molar-refractivity contribution in [1.82, 2.24) is 25.1 Å². The molecular weight excluding hydrogens is 380 g/mol. The van der Waals surface area contributed by atoms with Crippen molar-refractivity contribution >= 4 is 29.1 Å². The van der Waals surface area contributed by atoms with E-state index in [1.807, 2.05) is 0 Å². The monoisotopic (exact) mass is 393 g/mol.